The van der Waals surface area contributed by atoms with Crippen molar-refractivity contribution in [2.24, 2.45) is 0 Å². The molecule has 6 heteroatoms. The highest BCUT2D eigenvalue weighted by atomic mass is 16.7. The third kappa shape index (κ3) is 3.04. The van der Waals surface area contributed by atoms with Gasteiger partial charge >= 0.3 is 0 Å². The largest absolute Gasteiger partial charge is 0.497 e. The van der Waals surface area contributed by atoms with Gasteiger partial charge in [-0.1, -0.05) is 12.1 Å². The van der Waals surface area contributed by atoms with Crippen LogP contribution in [0.15, 0.2) is 24.3 Å². The van der Waals surface area contributed by atoms with Crippen molar-refractivity contribution in [3.8, 4) is 5.75 Å². The highest BCUT2D eigenvalue weighted by molar-refractivity contribution is 5.28. The molecule has 2 heterocycles. The quantitative estimate of drug-likeness (QED) is 0.905. The number of ether oxygens (including phenoxy) is 5. The average Bonchev–Trinajstić information content (AvgIpc) is 2.53. The number of rotatable bonds is 3. The molecule has 3 rings (SSSR count). The first-order valence-corrected chi connectivity index (χ1v) is 6.98. The second-order valence-electron chi connectivity index (χ2n) is 5.19. The van der Waals surface area contributed by atoms with Crippen molar-refractivity contribution in [1.82, 2.24) is 0 Å². The van der Waals surface area contributed by atoms with Crippen LogP contribution in [-0.2, 0) is 18.9 Å². The molecule has 0 bridgehead atoms. The maximum Gasteiger partial charge on any atom is 0.184 e. The zero-order valence-corrected chi connectivity index (χ0v) is 12.1. The summed E-state index contributed by atoms with van der Waals surface area (Å²) < 4.78 is 27.5. The molecule has 1 unspecified atom stereocenters. The van der Waals surface area contributed by atoms with Gasteiger partial charge in [0.2, 0.25) is 0 Å². The monoisotopic (exact) mass is 296 g/mol. The van der Waals surface area contributed by atoms with Crippen LogP contribution < -0.4 is 4.74 Å². The predicted molar refractivity (Wildman–Crippen MR) is 72.9 cm³/mol. The van der Waals surface area contributed by atoms with Crippen molar-refractivity contribution in [1.29, 1.82) is 0 Å². The highest BCUT2D eigenvalue weighted by Crippen LogP contribution is 2.34. The summed E-state index contributed by atoms with van der Waals surface area (Å²) in [7, 11) is 3.14. The molecular formula is C15H20O6. The van der Waals surface area contributed by atoms with Crippen LogP contribution in [0.5, 0.6) is 5.75 Å². The molecule has 1 aromatic carbocycles. The molecule has 21 heavy (non-hydrogen) atoms. The van der Waals surface area contributed by atoms with Crippen LogP contribution in [0.1, 0.15) is 18.3 Å². The maximum absolute atomic E-state index is 9.95. The fourth-order valence-electron chi connectivity index (χ4n) is 2.67. The second kappa shape index (κ2) is 6.29. The average molecular weight is 296 g/mol. The van der Waals surface area contributed by atoms with Gasteiger partial charge in [-0.25, -0.2) is 0 Å². The van der Waals surface area contributed by atoms with E-state index >= 15 is 0 Å². The summed E-state index contributed by atoms with van der Waals surface area (Å²) in [5.74, 6) is 0.784. The number of hydrogen-bond donors (Lipinski definition) is 1. The van der Waals surface area contributed by atoms with Crippen molar-refractivity contribution in [2.75, 3.05) is 20.8 Å². The van der Waals surface area contributed by atoms with Crippen LogP contribution >= 0.6 is 0 Å². The fourth-order valence-corrected chi connectivity index (χ4v) is 2.67. The van der Waals surface area contributed by atoms with Gasteiger partial charge in [0.1, 0.15) is 18.0 Å². The molecular weight excluding hydrogens is 276 g/mol. The third-order valence-corrected chi connectivity index (χ3v) is 3.84. The number of benzene rings is 1. The van der Waals surface area contributed by atoms with Crippen molar-refractivity contribution < 1.29 is 28.8 Å². The van der Waals surface area contributed by atoms with Crippen LogP contribution in [0.3, 0.4) is 0 Å². The number of aliphatic hydroxyl groups is 1. The van der Waals surface area contributed by atoms with Crippen LogP contribution in [0.25, 0.3) is 0 Å². The van der Waals surface area contributed by atoms with Crippen molar-refractivity contribution in [2.45, 2.75) is 37.3 Å². The Morgan fingerprint density at radius 1 is 1.10 bits per heavy atom. The predicted octanol–water partition coefficient (Wildman–Crippen LogP) is 1.23. The molecule has 0 spiro atoms. The molecule has 0 saturated carbocycles. The lowest BCUT2D eigenvalue weighted by Crippen LogP contribution is -2.53. The number of aliphatic hydroxyl groups excluding tert-OH is 1. The summed E-state index contributed by atoms with van der Waals surface area (Å²) in [5, 5.41) is 9.95. The lowest BCUT2D eigenvalue weighted by atomic mass is 10.0. The van der Waals surface area contributed by atoms with Gasteiger partial charge in [-0.05, 0) is 12.1 Å². The number of fused-ring (bicyclic) bond motifs is 1. The number of methoxy groups -OCH3 is 2. The van der Waals surface area contributed by atoms with E-state index in [-0.39, 0.29) is 12.2 Å². The van der Waals surface area contributed by atoms with Crippen LogP contribution in [0, 0.1) is 0 Å². The van der Waals surface area contributed by atoms with Crippen LogP contribution in [0.2, 0.25) is 0 Å². The first kappa shape index (κ1) is 14.7. The molecule has 2 fully saturated rings. The van der Waals surface area contributed by atoms with Crippen LogP contribution in [-0.4, -0.2) is 50.5 Å². The Morgan fingerprint density at radius 2 is 1.86 bits per heavy atom. The van der Waals surface area contributed by atoms with Crippen molar-refractivity contribution in [3.05, 3.63) is 29.8 Å². The Labute approximate surface area is 123 Å². The summed E-state index contributed by atoms with van der Waals surface area (Å²) in [6.07, 6.45) is -1.70. The minimum atomic E-state index is -0.689. The van der Waals surface area contributed by atoms with Gasteiger partial charge < -0.3 is 28.8 Å². The molecule has 6 nitrogen and oxygen atoms in total. The lowest BCUT2D eigenvalue weighted by molar-refractivity contribution is -0.333. The van der Waals surface area contributed by atoms with Gasteiger partial charge in [0.15, 0.2) is 12.6 Å². The highest BCUT2D eigenvalue weighted by Gasteiger charge is 2.42. The molecule has 2 saturated heterocycles. The van der Waals surface area contributed by atoms with Gasteiger partial charge in [0, 0.05) is 19.1 Å². The van der Waals surface area contributed by atoms with Crippen molar-refractivity contribution >= 4 is 0 Å². The molecule has 0 radical (unpaired) electrons. The SMILES string of the molecule is COc1ccc(C2OC[C@H]3O[C@@H](OC)[C@H](O)C[C@H]3O2)cc1. The molecule has 1 N–H and O–H groups in total. The van der Waals surface area contributed by atoms with E-state index in [1.165, 1.54) is 7.11 Å². The topological polar surface area (TPSA) is 66.4 Å². The molecule has 2 aliphatic rings. The summed E-state index contributed by atoms with van der Waals surface area (Å²) in [6.45, 7) is 0.411. The fraction of sp³-hybridized carbons (Fsp3) is 0.600. The second-order valence-corrected chi connectivity index (χ2v) is 5.19. The molecule has 0 aliphatic carbocycles. The molecule has 5 atom stereocenters. The Bertz CT molecular complexity index is 462. The Kier molecular flexibility index (Phi) is 4.42. The minimum Gasteiger partial charge on any atom is -0.497 e. The van der Waals surface area contributed by atoms with E-state index in [0.29, 0.717) is 13.0 Å². The molecule has 1 aromatic rings. The third-order valence-electron chi connectivity index (χ3n) is 3.84. The zero-order valence-electron chi connectivity index (χ0n) is 12.1. The van der Waals surface area contributed by atoms with E-state index in [4.69, 9.17) is 23.7 Å². The van der Waals surface area contributed by atoms with E-state index in [9.17, 15) is 5.11 Å². The summed E-state index contributed by atoms with van der Waals surface area (Å²) in [4.78, 5) is 0. The number of hydrogen-bond acceptors (Lipinski definition) is 6. The van der Waals surface area contributed by atoms with Gasteiger partial charge in [-0.2, -0.15) is 0 Å². The van der Waals surface area contributed by atoms with Crippen molar-refractivity contribution in [3.63, 3.8) is 0 Å². The minimum absolute atomic E-state index is 0.202. The van der Waals surface area contributed by atoms with E-state index in [2.05, 4.69) is 0 Å². The maximum atomic E-state index is 9.95. The van der Waals surface area contributed by atoms with Gasteiger partial charge in [0.05, 0.1) is 19.8 Å². The van der Waals surface area contributed by atoms with E-state index < -0.39 is 18.7 Å². The Hall–Kier alpha value is -1.18. The standard InChI is InChI=1S/C15H20O6/c1-17-10-5-3-9(4-6-10)14-19-8-13-12(20-14)7-11(16)15(18-2)21-13/h3-6,11-16H,7-8H2,1-2H3/t11-,12-,13-,14?,15-/m1/s1. The molecule has 116 valence electrons. The Morgan fingerprint density at radius 3 is 2.52 bits per heavy atom. The van der Waals surface area contributed by atoms with E-state index in [1.807, 2.05) is 24.3 Å². The summed E-state index contributed by atoms with van der Waals surface area (Å²) >= 11 is 0. The van der Waals surface area contributed by atoms with Gasteiger partial charge in [0.25, 0.3) is 0 Å². The smallest absolute Gasteiger partial charge is 0.184 e. The zero-order chi connectivity index (χ0) is 14.8. The lowest BCUT2D eigenvalue weighted by Gasteiger charge is -2.43. The summed E-state index contributed by atoms with van der Waals surface area (Å²) in [6, 6.07) is 7.53. The normalized spacial score (nSPS) is 36.0. The molecule has 0 amide bonds. The van der Waals surface area contributed by atoms with E-state index in [1.54, 1.807) is 7.11 Å². The van der Waals surface area contributed by atoms with E-state index in [0.717, 1.165) is 11.3 Å². The first-order valence-electron chi connectivity index (χ1n) is 6.98. The Balaban J connectivity index is 1.66. The van der Waals surface area contributed by atoms with Gasteiger partial charge in [-0.3, -0.25) is 0 Å². The molecule has 2 aliphatic heterocycles. The summed E-state index contributed by atoms with van der Waals surface area (Å²) in [5.41, 5.74) is 0.914. The first-order chi connectivity index (χ1) is 10.2. The van der Waals surface area contributed by atoms with Crippen LogP contribution in [0.4, 0.5) is 0 Å². The molecule has 0 aromatic heterocycles. The van der Waals surface area contributed by atoms with Gasteiger partial charge in [-0.15, -0.1) is 0 Å².